The van der Waals surface area contributed by atoms with Crippen molar-refractivity contribution in [3.63, 3.8) is 0 Å². The largest absolute Gasteiger partial charge is 0.474 e. The summed E-state index contributed by atoms with van der Waals surface area (Å²) in [7, 11) is 0. The fraction of sp³-hybridized carbons (Fsp3) is 0.714. The van der Waals surface area contributed by atoms with Gasteiger partial charge in [-0.2, -0.15) is 0 Å². The summed E-state index contributed by atoms with van der Waals surface area (Å²) in [6, 6.07) is 0.581. The molecule has 0 spiro atoms. The van der Waals surface area contributed by atoms with Crippen LogP contribution in [0, 0.1) is 0 Å². The summed E-state index contributed by atoms with van der Waals surface area (Å²) in [5, 5.41) is 3.20. The van der Waals surface area contributed by atoms with Crippen LogP contribution in [-0.4, -0.2) is 12.1 Å². The maximum Gasteiger partial charge on any atom is 0.179 e. The summed E-state index contributed by atoms with van der Waals surface area (Å²) in [5.74, 6) is 0.768. The van der Waals surface area contributed by atoms with Crippen LogP contribution in [0.3, 0.4) is 0 Å². The van der Waals surface area contributed by atoms with Crippen LogP contribution in [0.5, 0.6) is 0 Å². The zero-order chi connectivity index (χ0) is 6.27. The van der Waals surface area contributed by atoms with E-state index in [0.29, 0.717) is 12.1 Å². The van der Waals surface area contributed by atoms with E-state index in [2.05, 4.69) is 11.9 Å². The quantitative estimate of drug-likeness (QED) is 0.521. The van der Waals surface area contributed by atoms with Gasteiger partial charge in [-0.15, -0.1) is 0 Å². The average Bonchev–Trinajstić information content (AvgIpc) is 2.22. The maximum atomic E-state index is 5.38. The minimum absolute atomic E-state index is 0.442. The molecular weight excluding hydrogens is 114 g/mol. The molecule has 1 aliphatic heterocycles. The molecule has 1 aliphatic carbocycles. The second-order valence-corrected chi connectivity index (χ2v) is 2.76. The van der Waals surface area contributed by atoms with Gasteiger partial charge in [-0.25, -0.2) is 0 Å². The van der Waals surface area contributed by atoms with E-state index in [0.717, 1.165) is 5.88 Å². The van der Waals surface area contributed by atoms with E-state index in [1.54, 1.807) is 0 Å². The molecule has 9 heavy (non-hydrogen) atoms. The van der Waals surface area contributed by atoms with Crippen molar-refractivity contribution in [2.24, 2.45) is 0 Å². The van der Waals surface area contributed by atoms with Gasteiger partial charge in [0.2, 0.25) is 0 Å². The number of hydrogen-bond acceptors (Lipinski definition) is 2. The van der Waals surface area contributed by atoms with Gasteiger partial charge in [0.1, 0.15) is 6.10 Å². The van der Waals surface area contributed by atoms with Crippen LogP contribution in [-0.2, 0) is 4.74 Å². The van der Waals surface area contributed by atoms with Crippen LogP contribution < -0.4 is 5.32 Å². The lowest BCUT2D eigenvalue weighted by molar-refractivity contribution is 0.162. The molecule has 2 nitrogen and oxygen atoms in total. The number of nitrogens with one attached hydrogen (secondary N) is 1. The van der Waals surface area contributed by atoms with E-state index >= 15 is 0 Å². The third-order valence-electron chi connectivity index (χ3n) is 2.09. The monoisotopic (exact) mass is 125 g/mol. The van der Waals surface area contributed by atoms with Crippen molar-refractivity contribution in [2.75, 3.05) is 0 Å². The Balaban J connectivity index is 2.09. The molecule has 1 heterocycles. The van der Waals surface area contributed by atoms with Gasteiger partial charge in [0.25, 0.3) is 0 Å². The molecule has 0 aromatic heterocycles. The van der Waals surface area contributed by atoms with Crippen LogP contribution in [0.15, 0.2) is 12.5 Å². The minimum atomic E-state index is 0.442. The first-order valence-electron chi connectivity index (χ1n) is 3.48. The standard InChI is InChI=1S/C7H11NO/c1-5-8-6-3-2-4-7(6)9-5/h6-8H,1-4H2. The molecule has 2 rings (SSSR count). The lowest BCUT2D eigenvalue weighted by Gasteiger charge is -2.03. The van der Waals surface area contributed by atoms with Crippen LogP contribution in [0.1, 0.15) is 19.3 Å². The highest BCUT2D eigenvalue weighted by Crippen LogP contribution is 2.28. The molecule has 0 amide bonds. The molecule has 1 saturated carbocycles. The summed E-state index contributed by atoms with van der Waals surface area (Å²) in [5.41, 5.74) is 0. The predicted octanol–water partition coefficient (Wildman–Crippen LogP) is 0.998. The van der Waals surface area contributed by atoms with Gasteiger partial charge in [0.05, 0.1) is 6.04 Å². The highest BCUT2D eigenvalue weighted by Gasteiger charge is 2.34. The molecule has 0 aromatic rings. The van der Waals surface area contributed by atoms with Crippen molar-refractivity contribution in [1.82, 2.24) is 5.32 Å². The molecule has 0 bridgehead atoms. The van der Waals surface area contributed by atoms with Crippen molar-refractivity contribution in [3.8, 4) is 0 Å². The van der Waals surface area contributed by atoms with Crippen molar-refractivity contribution < 1.29 is 4.74 Å². The Morgan fingerprint density at radius 2 is 2.44 bits per heavy atom. The molecule has 0 aromatic carbocycles. The Kier molecular flexibility index (Phi) is 0.949. The third kappa shape index (κ3) is 0.696. The number of ether oxygens (including phenoxy) is 1. The number of fused-ring (bicyclic) bond motifs is 1. The SMILES string of the molecule is C=C1NC2CCCC2O1. The van der Waals surface area contributed by atoms with E-state index in [4.69, 9.17) is 4.74 Å². The maximum absolute atomic E-state index is 5.38. The van der Waals surface area contributed by atoms with Gasteiger partial charge in [-0.3, -0.25) is 0 Å². The molecule has 50 valence electrons. The number of rotatable bonds is 0. The Bertz CT molecular complexity index is 130. The van der Waals surface area contributed by atoms with Crippen molar-refractivity contribution in [2.45, 2.75) is 31.4 Å². The lowest BCUT2D eigenvalue weighted by Crippen LogP contribution is -2.23. The Hall–Kier alpha value is -0.660. The van der Waals surface area contributed by atoms with Crippen molar-refractivity contribution >= 4 is 0 Å². The Morgan fingerprint density at radius 3 is 3.22 bits per heavy atom. The molecular formula is C7H11NO. The van der Waals surface area contributed by atoms with E-state index in [1.807, 2.05) is 0 Å². The zero-order valence-electron chi connectivity index (χ0n) is 5.39. The first-order chi connectivity index (χ1) is 4.36. The van der Waals surface area contributed by atoms with Crippen LogP contribution in [0.2, 0.25) is 0 Å². The highest BCUT2D eigenvalue weighted by atomic mass is 16.5. The summed E-state index contributed by atoms with van der Waals surface area (Å²) in [4.78, 5) is 0. The molecule has 2 unspecified atom stereocenters. The van der Waals surface area contributed by atoms with Gasteiger partial charge < -0.3 is 10.1 Å². The van der Waals surface area contributed by atoms with E-state index in [-0.39, 0.29) is 0 Å². The predicted molar refractivity (Wildman–Crippen MR) is 34.8 cm³/mol. The van der Waals surface area contributed by atoms with Crippen LogP contribution >= 0.6 is 0 Å². The zero-order valence-corrected chi connectivity index (χ0v) is 5.39. The Morgan fingerprint density at radius 1 is 1.56 bits per heavy atom. The topological polar surface area (TPSA) is 21.3 Å². The summed E-state index contributed by atoms with van der Waals surface area (Å²) in [6.07, 6.45) is 4.20. The second kappa shape index (κ2) is 1.66. The van der Waals surface area contributed by atoms with Gasteiger partial charge in [-0.1, -0.05) is 0 Å². The fourth-order valence-corrected chi connectivity index (χ4v) is 1.66. The Labute approximate surface area is 54.9 Å². The van der Waals surface area contributed by atoms with Gasteiger partial charge in [0, 0.05) is 0 Å². The molecule has 0 radical (unpaired) electrons. The molecule has 1 saturated heterocycles. The summed E-state index contributed by atoms with van der Waals surface area (Å²) < 4.78 is 5.38. The highest BCUT2D eigenvalue weighted by molar-refractivity contribution is 4.99. The van der Waals surface area contributed by atoms with Gasteiger partial charge in [-0.05, 0) is 25.8 Å². The molecule has 1 N–H and O–H groups in total. The van der Waals surface area contributed by atoms with E-state index in [1.165, 1.54) is 19.3 Å². The first kappa shape index (κ1) is 5.15. The van der Waals surface area contributed by atoms with E-state index < -0.39 is 0 Å². The molecule has 2 heteroatoms. The van der Waals surface area contributed by atoms with Crippen LogP contribution in [0.4, 0.5) is 0 Å². The van der Waals surface area contributed by atoms with E-state index in [9.17, 15) is 0 Å². The van der Waals surface area contributed by atoms with Crippen LogP contribution in [0.25, 0.3) is 0 Å². The summed E-state index contributed by atoms with van der Waals surface area (Å²) >= 11 is 0. The minimum Gasteiger partial charge on any atom is -0.474 e. The smallest absolute Gasteiger partial charge is 0.179 e. The third-order valence-corrected chi connectivity index (χ3v) is 2.09. The number of hydrogen-bond donors (Lipinski definition) is 1. The lowest BCUT2D eigenvalue weighted by atomic mass is 10.2. The molecule has 2 aliphatic rings. The summed E-state index contributed by atoms with van der Waals surface area (Å²) in [6.45, 7) is 3.70. The molecule has 2 fully saturated rings. The average molecular weight is 125 g/mol. The van der Waals surface area contributed by atoms with Crippen molar-refractivity contribution in [3.05, 3.63) is 12.5 Å². The van der Waals surface area contributed by atoms with Gasteiger partial charge >= 0.3 is 0 Å². The first-order valence-corrected chi connectivity index (χ1v) is 3.48. The fourth-order valence-electron chi connectivity index (χ4n) is 1.66. The van der Waals surface area contributed by atoms with Gasteiger partial charge in [0.15, 0.2) is 5.88 Å². The second-order valence-electron chi connectivity index (χ2n) is 2.76. The normalized spacial score (nSPS) is 39.8. The molecule has 2 atom stereocenters. The van der Waals surface area contributed by atoms with Crippen molar-refractivity contribution in [1.29, 1.82) is 0 Å².